The lowest BCUT2D eigenvalue weighted by Crippen LogP contribution is -2.22. The van der Waals surface area contributed by atoms with E-state index in [1.165, 1.54) is 6.07 Å². The Bertz CT molecular complexity index is 928. The number of hydrogen-bond donors (Lipinski definition) is 1. The predicted octanol–water partition coefficient (Wildman–Crippen LogP) is 2.11. The van der Waals surface area contributed by atoms with Crippen molar-refractivity contribution in [3.63, 3.8) is 0 Å². The van der Waals surface area contributed by atoms with Crippen LogP contribution in [0.2, 0.25) is 0 Å². The highest BCUT2D eigenvalue weighted by atomic mass is 16.5. The molecule has 1 N–H and O–H groups in total. The van der Waals surface area contributed by atoms with Crippen molar-refractivity contribution < 1.29 is 19.4 Å². The number of hydrogen-bond acceptors (Lipinski definition) is 5. The average Bonchev–Trinajstić information content (AvgIpc) is 3.02. The third kappa shape index (κ3) is 2.94. The number of para-hydroxylation sites is 1. The molecule has 3 rings (SSSR count). The number of H-pyrrole nitrogens is 1. The molecule has 0 atom stereocenters. The van der Waals surface area contributed by atoms with Crippen LogP contribution in [0.3, 0.4) is 0 Å². The third-order valence-electron chi connectivity index (χ3n) is 3.59. The Morgan fingerprint density at radius 2 is 1.92 bits per heavy atom. The highest BCUT2D eigenvalue weighted by molar-refractivity contribution is 6.00. The summed E-state index contributed by atoms with van der Waals surface area (Å²) in [6.07, 6.45) is 3.61. The van der Waals surface area contributed by atoms with Crippen LogP contribution in [0.15, 0.2) is 36.4 Å². The number of fused-ring (bicyclic) bond motifs is 1. The van der Waals surface area contributed by atoms with Gasteiger partial charge in [0.25, 0.3) is 0 Å². The first-order valence-electron chi connectivity index (χ1n) is 7.22. The van der Waals surface area contributed by atoms with Gasteiger partial charge in [-0.2, -0.15) is 0 Å². The Labute approximate surface area is 138 Å². The average molecular weight is 323 g/mol. The molecule has 0 aliphatic rings. The van der Waals surface area contributed by atoms with Gasteiger partial charge in [-0.1, -0.05) is 24.3 Å². The number of carboxylic acids is 1. The summed E-state index contributed by atoms with van der Waals surface area (Å²) < 4.78 is 10.5. The Balaban J connectivity index is 1.93. The van der Waals surface area contributed by atoms with Gasteiger partial charge < -0.3 is 24.4 Å². The van der Waals surface area contributed by atoms with E-state index in [9.17, 15) is 9.90 Å². The van der Waals surface area contributed by atoms with Gasteiger partial charge in [-0.05, 0) is 29.8 Å². The topological polar surface area (TPSA) is 87.3 Å². The van der Waals surface area contributed by atoms with Gasteiger partial charge in [-0.15, -0.1) is 0 Å². The summed E-state index contributed by atoms with van der Waals surface area (Å²) in [5.74, 6) is 0.580. The summed E-state index contributed by atoms with van der Waals surface area (Å²) in [5.41, 5.74) is 1.98. The molecule has 0 aliphatic heterocycles. The molecule has 3 aromatic rings. The van der Waals surface area contributed by atoms with Crippen LogP contribution in [0.5, 0.6) is 11.5 Å². The summed E-state index contributed by atoms with van der Waals surface area (Å²) in [6.45, 7) is 0. The van der Waals surface area contributed by atoms with Crippen molar-refractivity contribution in [2.24, 2.45) is 0 Å². The smallest absolute Gasteiger partial charge is 0.161 e. The van der Waals surface area contributed by atoms with Crippen LogP contribution < -0.4 is 14.6 Å². The second-order valence-corrected chi connectivity index (χ2v) is 5.06. The van der Waals surface area contributed by atoms with Gasteiger partial charge >= 0.3 is 0 Å². The fraction of sp³-hybridized carbons (Fsp3) is 0.111. The molecule has 1 aromatic heterocycles. The molecule has 0 saturated carbocycles. The van der Waals surface area contributed by atoms with Crippen LogP contribution in [0.1, 0.15) is 21.7 Å². The number of benzene rings is 2. The van der Waals surface area contributed by atoms with E-state index >= 15 is 0 Å². The zero-order chi connectivity index (χ0) is 17.1. The number of imidazole rings is 1. The van der Waals surface area contributed by atoms with Crippen LogP contribution >= 0.6 is 0 Å². The Kier molecular flexibility index (Phi) is 4.20. The van der Waals surface area contributed by atoms with Crippen molar-refractivity contribution in [3.8, 4) is 11.5 Å². The van der Waals surface area contributed by atoms with Crippen molar-refractivity contribution in [1.82, 2.24) is 9.97 Å². The fourth-order valence-electron chi connectivity index (χ4n) is 2.43. The normalized spacial score (nSPS) is 11.1. The maximum Gasteiger partial charge on any atom is 0.161 e. The number of nitrogens with zero attached hydrogens (tertiary/aromatic N) is 1. The number of carbonyl (C=O) groups excluding carboxylic acids is 1. The highest BCUT2D eigenvalue weighted by Crippen LogP contribution is 2.28. The molecule has 122 valence electrons. The molecule has 0 saturated heterocycles. The second-order valence-electron chi connectivity index (χ2n) is 5.06. The van der Waals surface area contributed by atoms with Gasteiger partial charge in [0.2, 0.25) is 0 Å². The Morgan fingerprint density at radius 1 is 1.12 bits per heavy atom. The first-order chi connectivity index (χ1) is 11.6. The third-order valence-corrected chi connectivity index (χ3v) is 3.59. The number of carboxylic acid groups (broad SMARTS) is 1. The maximum atomic E-state index is 11.1. The molecule has 0 aliphatic carbocycles. The number of nitrogens with one attached hydrogen (secondary N) is 1. The summed E-state index contributed by atoms with van der Waals surface area (Å²) in [7, 11) is 3.16. The lowest BCUT2D eigenvalue weighted by Gasteiger charge is -2.07. The van der Waals surface area contributed by atoms with Crippen LogP contribution in [-0.4, -0.2) is 30.2 Å². The van der Waals surface area contributed by atoms with E-state index in [4.69, 9.17) is 9.47 Å². The summed E-state index contributed by atoms with van der Waals surface area (Å²) in [4.78, 5) is 18.5. The first-order valence-corrected chi connectivity index (χ1v) is 7.22. The number of methoxy groups -OCH3 is 2. The van der Waals surface area contributed by atoms with E-state index in [0.29, 0.717) is 28.4 Å². The quantitative estimate of drug-likeness (QED) is 0.777. The number of carbonyl (C=O) groups is 1. The molecule has 6 heteroatoms. The number of ether oxygens (including phenoxy) is 2. The van der Waals surface area contributed by atoms with Gasteiger partial charge in [-0.3, -0.25) is 0 Å². The number of aromatic amines is 1. The molecule has 0 amide bonds. The zero-order valence-electron chi connectivity index (χ0n) is 13.2. The summed E-state index contributed by atoms with van der Waals surface area (Å²) in [5, 5.41) is 11.1. The largest absolute Gasteiger partial charge is 0.545 e. The highest BCUT2D eigenvalue weighted by Gasteiger charge is 2.07. The van der Waals surface area contributed by atoms with Crippen LogP contribution in [0.25, 0.3) is 23.2 Å². The first kappa shape index (κ1) is 15.6. The predicted molar refractivity (Wildman–Crippen MR) is 88.9 cm³/mol. The van der Waals surface area contributed by atoms with E-state index in [2.05, 4.69) is 9.97 Å². The molecule has 0 unspecified atom stereocenters. The number of aromatic carboxylic acids is 1. The monoisotopic (exact) mass is 323 g/mol. The molecule has 24 heavy (non-hydrogen) atoms. The van der Waals surface area contributed by atoms with Crippen molar-refractivity contribution in [1.29, 1.82) is 0 Å². The minimum Gasteiger partial charge on any atom is -0.545 e. The number of rotatable bonds is 5. The molecule has 0 spiro atoms. The molecule has 1 heterocycles. The lowest BCUT2D eigenvalue weighted by molar-refractivity contribution is -0.254. The van der Waals surface area contributed by atoms with Gasteiger partial charge in [-0.25, -0.2) is 4.98 Å². The minimum atomic E-state index is -1.25. The zero-order valence-corrected chi connectivity index (χ0v) is 13.2. The van der Waals surface area contributed by atoms with E-state index in [-0.39, 0.29) is 5.56 Å². The van der Waals surface area contributed by atoms with Crippen LogP contribution in [-0.2, 0) is 0 Å². The standard InChI is InChI=1S/C18H16N2O4/c1-23-14-8-6-11(10-15(14)24-2)7-9-16-19-13-5-3-4-12(18(21)22)17(13)20-16/h3-10H,1-2H3,(H,19,20)(H,21,22)/p-1/b9-7+. The Morgan fingerprint density at radius 3 is 2.62 bits per heavy atom. The van der Waals surface area contributed by atoms with E-state index in [0.717, 1.165) is 5.56 Å². The maximum absolute atomic E-state index is 11.1. The molecule has 0 bridgehead atoms. The van der Waals surface area contributed by atoms with Gasteiger partial charge in [0, 0.05) is 5.56 Å². The molecular formula is C18H15N2O4-. The molecular weight excluding hydrogens is 308 g/mol. The molecule has 0 fully saturated rings. The fourth-order valence-corrected chi connectivity index (χ4v) is 2.43. The molecule has 2 aromatic carbocycles. The van der Waals surface area contributed by atoms with Crippen molar-refractivity contribution in [2.45, 2.75) is 0 Å². The summed E-state index contributed by atoms with van der Waals surface area (Å²) >= 11 is 0. The van der Waals surface area contributed by atoms with Gasteiger partial charge in [0.1, 0.15) is 5.82 Å². The van der Waals surface area contributed by atoms with Crippen molar-refractivity contribution in [3.05, 3.63) is 53.3 Å². The lowest BCUT2D eigenvalue weighted by atomic mass is 10.2. The van der Waals surface area contributed by atoms with E-state index < -0.39 is 5.97 Å². The SMILES string of the molecule is COc1ccc(/C=C/c2nc3c(C(=O)[O-])cccc3[nH]2)cc1OC. The molecule has 0 radical (unpaired) electrons. The Hall–Kier alpha value is -3.28. The van der Waals surface area contributed by atoms with E-state index in [1.807, 2.05) is 24.3 Å². The summed E-state index contributed by atoms with van der Waals surface area (Å²) in [6, 6.07) is 10.4. The molecule has 6 nitrogen and oxygen atoms in total. The number of aromatic nitrogens is 2. The second kappa shape index (κ2) is 6.45. The van der Waals surface area contributed by atoms with Crippen molar-refractivity contribution in [2.75, 3.05) is 14.2 Å². The van der Waals surface area contributed by atoms with Crippen LogP contribution in [0.4, 0.5) is 0 Å². The van der Waals surface area contributed by atoms with E-state index in [1.54, 1.807) is 32.4 Å². The van der Waals surface area contributed by atoms with Crippen molar-refractivity contribution >= 4 is 29.2 Å². The van der Waals surface area contributed by atoms with Gasteiger partial charge in [0.15, 0.2) is 11.5 Å². The van der Waals surface area contributed by atoms with Gasteiger partial charge in [0.05, 0.1) is 31.2 Å². The minimum absolute atomic E-state index is 0.0644. The van der Waals surface area contributed by atoms with Crippen LogP contribution in [0, 0.1) is 0 Å².